The Balaban J connectivity index is 2.09. The summed E-state index contributed by atoms with van der Waals surface area (Å²) >= 11 is 0. The molecule has 1 N–H and O–H groups in total. The molecule has 0 unspecified atom stereocenters. The van der Waals surface area contributed by atoms with Gasteiger partial charge in [-0.25, -0.2) is 32.1 Å². The smallest absolute Gasteiger partial charge is 0.410 e. The van der Waals surface area contributed by atoms with Gasteiger partial charge in [0.25, 0.3) is 12.1 Å². The lowest BCUT2D eigenvalue weighted by atomic mass is 10.0. The zero-order chi connectivity index (χ0) is 32.8. The van der Waals surface area contributed by atoms with E-state index in [9.17, 15) is 37.3 Å². The first kappa shape index (κ1) is 33.6. The highest BCUT2D eigenvalue weighted by Gasteiger charge is 2.28. The predicted molar refractivity (Wildman–Crippen MR) is 150 cm³/mol. The topological polar surface area (TPSA) is 133 Å². The van der Waals surface area contributed by atoms with Gasteiger partial charge in [-0.15, -0.1) is 0 Å². The minimum atomic E-state index is -3.04. The second-order valence-electron chi connectivity index (χ2n) is 10.3. The van der Waals surface area contributed by atoms with Crippen LogP contribution in [0.3, 0.4) is 0 Å². The molecule has 2 aromatic carbocycles. The van der Waals surface area contributed by atoms with Crippen molar-refractivity contribution in [2.45, 2.75) is 45.8 Å². The zero-order valence-corrected chi connectivity index (χ0v) is 24.5. The summed E-state index contributed by atoms with van der Waals surface area (Å²) in [5.41, 5.74) is -2.83. The molecule has 11 nitrogen and oxygen atoms in total. The lowest BCUT2D eigenvalue weighted by molar-refractivity contribution is -0.386. The van der Waals surface area contributed by atoms with Crippen LogP contribution in [0.5, 0.6) is 5.88 Å². The molecule has 1 heterocycles. The van der Waals surface area contributed by atoms with Gasteiger partial charge in [0.1, 0.15) is 11.3 Å². The third-order valence-electron chi connectivity index (χ3n) is 6.13. The summed E-state index contributed by atoms with van der Waals surface area (Å²) in [6, 6.07) is 7.47. The van der Waals surface area contributed by atoms with Gasteiger partial charge in [0.15, 0.2) is 11.6 Å². The normalized spacial score (nSPS) is 11.2. The van der Waals surface area contributed by atoms with E-state index in [1.165, 1.54) is 31.4 Å². The molecule has 0 fully saturated rings. The van der Waals surface area contributed by atoms with Gasteiger partial charge in [0.2, 0.25) is 5.88 Å². The number of pyridine rings is 1. The summed E-state index contributed by atoms with van der Waals surface area (Å²) in [4.78, 5) is 41.7. The number of nitrogens with zero attached hydrogens (tertiary/aromatic N) is 3. The molecule has 0 aliphatic rings. The Morgan fingerprint density at radius 3 is 2.34 bits per heavy atom. The molecule has 15 heteroatoms. The van der Waals surface area contributed by atoms with Crippen LogP contribution in [0.4, 0.5) is 39.4 Å². The SMILES string of the molecule is COC(=O)c1cc(F)c(F)cc1Nc1cccc(C(F)F)c1CN(CCc1nc(OC)ccc1[N+](=O)[O-])C(=O)OC(C)(C)C. The van der Waals surface area contributed by atoms with Crippen molar-refractivity contribution in [3.8, 4) is 5.88 Å². The van der Waals surface area contributed by atoms with E-state index in [2.05, 4.69) is 15.0 Å². The maximum atomic E-state index is 14.3. The summed E-state index contributed by atoms with van der Waals surface area (Å²) in [5, 5.41) is 14.3. The highest BCUT2D eigenvalue weighted by atomic mass is 19.3. The van der Waals surface area contributed by atoms with Gasteiger partial charge in [-0.2, -0.15) is 0 Å². The summed E-state index contributed by atoms with van der Waals surface area (Å²) in [7, 11) is 2.34. The summed E-state index contributed by atoms with van der Waals surface area (Å²) in [5.74, 6) is -3.61. The molecule has 0 bridgehead atoms. The number of esters is 1. The monoisotopic (exact) mass is 622 g/mol. The van der Waals surface area contributed by atoms with Crippen molar-refractivity contribution in [2.75, 3.05) is 26.1 Å². The second-order valence-corrected chi connectivity index (χ2v) is 10.3. The van der Waals surface area contributed by atoms with E-state index >= 15 is 0 Å². The molecule has 0 saturated carbocycles. The van der Waals surface area contributed by atoms with Gasteiger partial charge < -0.3 is 24.4 Å². The Labute approximate surface area is 249 Å². The van der Waals surface area contributed by atoms with Crippen molar-refractivity contribution >= 4 is 29.1 Å². The fraction of sp³-hybridized carbons (Fsp3) is 0.345. The molecule has 236 valence electrons. The number of halogens is 4. The van der Waals surface area contributed by atoms with Crippen LogP contribution in [0.2, 0.25) is 0 Å². The van der Waals surface area contributed by atoms with Crippen molar-refractivity contribution < 1.29 is 46.3 Å². The molecule has 1 aromatic heterocycles. The number of hydrogen-bond donors (Lipinski definition) is 1. The molecular weight excluding hydrogens is 592 g/mol. The van der Waals surface area contributed by atoms with Crippen LogP contribution in [-0.4, -0.2) is 53.2 Å². The van der Waals surface area contributed by atoms with Crippen molar-refractivity contribution in [3.05, 3.63) is 86.6 Å². The number of methoxy groups -OCH3 is 2. The van der Waals surface area contributed by atoms with Crippen LogP contribution in [-0.2, 0) is 22.4 Å². The third kappa shape index (κ3) is 8.33. The van der Waals surface area contributed by atoms with Crippen LogP contribution in [0.1, 0.15) is 54.4 Å². The zero-order valence-electron chi connectivity index (χ0n) is 24.5. The van der Waals surface area contributed by atoms with Crippen LogP contribution in [0.25, 0.3) is 0 Å². The van der Waals surface area contributed by atoms with Gasteiger partial charge in [0.05, 0.1) is 36.9 Å². The van der Waals surface area contributed by atoms with E-state index < -0.39 is 58.3 Å². The maximum absolute atomic E-state index is 14.3. The standard InChI is InChI=1S/C29H30F4N4O7/c1-29(2,3)44-28(39)36(12-11-22-24(37(40)41)9-10-25(35-22)42-4)15-18-16(26(32)33)7-6-8-21(18)34-23-14-20(31)19(30)13-17(23)27(38)43-5/h6-10,13-14,26,34H,11-12,15H2,1-5H3. The molecule has 3 rings (SSSR count). The van der Waals surface area contributed by atoms with E-state index in [4.69, 9.17) is 9.47 Å². The molecule has 44 heavy (non-hydrogen) atoms. The number of hydrogen-bond acceptors (Lipinski definition) is 9. The van der Waals surface area contributed by atoms with Gasteiger partial charge in [-0.1, -0.05) is 12.1 Å². The molecule has 0 radical (unpaired) electrons. The number of ether oxygens (including phenoxy) is 3. The number of nitro groups is 1. The summed E-state index contributed by atoms with van der Waals surface area (Å²) in [6.07, 6.45) is -4.17. The molecule has 0 aliphatic heterocycles. The number of carbonyl (C=O) groups is 2. The van der Waals surface area contributed by atoms with Gasteiger partial charge in [0, 0.05) is 48.0 Å². The fourth-order valence-electron chi connectivity index (χ4n) is 4.11. The minimum Gasteiger partial charge on any atom is -0.481 e. The number of amides is 1. The number of aromatic nitrogens is 1. The average Bonchev–Trinajstić information content (AvgIpc) is 2.95. The Kier molecular flexibility index (Phi) is 10.7. The number of benzene rings is 2. The number of carbonyl (C=O) groups excluding carboxylic acids is 2. The first-order valence-corrected chi connectivity index (χ1v) is 13.1. The number of rotatable bonds is 11. The fourth-order valence-corrected chi connectivity index (χ4v) is 4.11. The predicted octanol–water partition coefficient (Wildman–Crippen LogP) is 6.72. The van der Waals surface area contributed by atoms with Crippen LogP contribution < -0.4 is 10.1 Å². The van der Waals surface area contributed by atoms with Crippen LogP contribution in [0, 0.1) is 21.7 Å². The van der Waals surface area contributed by atoms with Crippen molar-refractivity contribution in [2.24, 2.45) is 0 Å². The minimum absolute atomic E-state index is 0.0343. The summed E-state index contributed by atoms with van der Waals surface area (Å²) in [6.45, 7) is 3.98. The van der Waals surface area contributed by atoms with E-state index in [0.29, 0.717) is 12.1 Å². The Bertz CT molecular complexity index is 1550. The Morgan fingerprint density at radius 1 is 1.07 bits per heavy atom. The quantitative estimate of drug-likeness (QED) is 0.107. The van der Waals surface area contributed by atoms with E-state index in [0.717, 1.165) is 18.1 Å². The van der Waals surface area contributed by atoms with E-state index in [-0.39, 0.29) is 47.2 Å². The van der Waals surface area contributed by atoms with Crippen LogP contribution in [0.15, 0.2) is 42.5 Å². The Morgan fingerprint density at radius 2 is 1.75 bits per heavy atom. The Hall–Kier alpha value is -4.95. The van der Waals surface area contributed by atoms with Crippen molar-refractivity contribution in [3.63, 3.8) is 0 Å². The van der Waals surface area contributed by atoms with Gasteiger partial charge in [-0.3, -0.25) is 10.1 Å². The number of anilines is 2. The maximum Gasteiger partial charge on any atom is 0.410 e. The largest absolute Gasteiger partial charge is 0.481 e. The molecule has 3 aromatic rings. The third-order valence-corrected chi connectivity index (χ3v) is 6.13. The molecule has 0 spiro atoms. The van der Waals surface area contributed by atoms with Gasteiger partial charge >= 0.3 is 12.1 Å². The van der Waals surface area contributed by atoms with E-state index in [1.807, 2.05) is 0 Å². The van der Waals surface area contributed by atoms with Crippen LogP contribution >= 0.6 is 0 Å². The lowest BCUT2D eigenvalue weighted by Crippen LogP contribution is -2.38. The van der Waals surface area contributed by atoms with Gasteiger partial charge in [-0.05, 0) is 32.9 Å². The molecule has 1 amide bonds. The molecular formula is C29H30F4N4O7. The van der Waals surface area contributed by atoms with Crippen molar-refractivity contribution in [1.29, 1.82) is 0 Å². The summed E-state index contributed by atoms with van der Waals surface area (Å²) < 4.78 is 71.9. The number of alkyl halides is 2. The lowest BCUT2D eigenvalue weighted by Gasteiger charge is -2.29. The first-order chi connectivity index (χ1) is 20.6. The number of nitrogens with one attached hydrogen (secondary N) is 1. The molecule has 0 atom stereocenters. The highest BCUT2D eigenvalue weighted by Crippen LogP contribution is 2.34. The second kappa shape index (κ2) is 14.0. The van der Waals surface area contributed by atoms with E-state index in [1.54, 1.807) is 20.8 Å². The van der Waals surface area contributed by atoms with Crippen molar-refractivity contribution in [1.82, 2.24) is 9.88 Å². The highest BCUT2D eigenvalue weighted by molar-refractivity contribution is 5.96. The molecule has 0 saturated heterocycles. The first-order valence-electron chi connectivity index (χ1n) is 13.1. The average molecular weight is 623 g/mol. The molecule has 0 aliphatic carbocycles.